The highest BCUT2D eigenvalue weighted by Gasteiger charge is 2.57. The molecule has 0 heterocycles. The van der Waals surface area contributed by atoms with Crippen molar-refractivity contribution in [3.63, 3.8) is 0 Å². The lowest BCUT2D eigenvalue weighted by Gasteiger charge is -2.31. The van der Waals surface area contributed by atoms with Crippen molar-refractivity contribution < 1.29 is 0 Å². The van der Waals surface area contributed by atoms with E-state index in [0.717, 1.165) is 29.6 Å². The molecule has 0 saturated heterocycles. The topological polar surface area (TPSA) is 23.8 Å². The highest BCUT2D eigenvalue weighted by Crippen LogP contribution is 2.64. The second kappa shape index (κ2) is 3.74. The Morgan fingerprint density at radius 3 is 2.41 bits per heavy atom. The zero-order chi connectivity index (χ0) is 12.2. The summed E-state index contributed by atoms with van der Waals surface area (Å²) >= 11 is 0. The van der Waals surface area contributed by atoms with E-state index in [2.05, 4.69) is 26.8 Å². The van der Waals surface area contributed by atoms with Gasteiger partial charge in [0.2, 0.25) is 0 Å². The van der Waals surface area contributed by atoms with Crippen molar-refractivity contribution >= 4 is 0 Å². The molecule has 6 atom stereocenters. The number of rotatable bonds is 2. The summed E-state index contributed by atoms with van der Waals surface area (Å²) < 4.78 is 0. The molecule has 0 aromatic carbocycles. The van der Waals surface area contributed by atoms with Gasteiger partial charge in [-0.25, -0.2) is 0 Å². The standard InChI is InChI=1S/C16H25N/c1-4-16(2,3)12-7-14-10-5-11(9-17)13(6-10)15(14)8-12/h10-15H,4-8H2,1-3H3. The van der Waals surface area contributed by atoms with Crippen LogP contribution < -0.4 is 0 Å². The van der Waals surface area contributed by atoms with Crippen LogP contribution in [0, 0.1) is 52.3 Å². The molecule has 0 aromatic rings. The average molecular weight is 231 g/mol. The molecule has 3 saturated carbocycles. The van der Waals surface area contributed by atoms with E-state index in [1.165, 1.54) is 32.1 Å². The Balaban J connectivity index is 1.76. The van der Waals surface area contributed by atoms with Crippen molar-refractivity contribution in [2.45, 2.75) is 52.9 Å². The van der Waals surface area contributed by atoms with E-state index in [-0.39, 0.29) is 0 Å². The van der Waals surface area contributed by atoms with Crippen molar-refractivity contribution in [1.29, 1.82) is 5.26 Å². The summed E-state index contributed by atoms with van der Waals surface area (Å²) in [7, 11) is 0. The molecule has 1 heteroatoms. The fourth-order valence-corrected chi connectivity index (χ4v) is 5.15. The molecule has 6 unspecified atom stereocenters. The van der Waals surface area contributed by atoms with Crippen LogP contribution in [0.2, 0.25) is 0 Å². The van der Waals surface area contributed by atoms with Crippen molar-refractivity contribution in [3.05, 3.63) is 0 Å². The quantitative estimate of drug-likeness (QED) is 0.697. The maximum absolute atomic E-state index is 9.23. The fourth-order valence-electron chi connectivity index (χ4n) is 5.15. The summed E-state index contributed by atoms with van der Waals surface area (Å²) in [6.45, 7) is 7.23. The van der Waals surface area contributed by atoms with E-state index in [1.807, 2.05) is 0 Å². The van der Waals surface area contributed by atoms with Crippen LogP contribution in [-0.2, 0) is 0 Å². The first-order chi connectivity index (χ1) is 8.06. The van der Waals surface area contributed by atoms with Crippen LogP contribution in [0.1, 0.15) is 52.9 Å². The van der Waals surface area contributed by atoms with Crippen LogP contribution in [0.5, 0.6) is 0 Å². The summed E-state index contributed by atoms with van der Waals surface area (Å²) in [4.78, 5) is 0. The molecule has 17 heavy (non-hydrogen) atoms. The van der Waals surface area contributed by atoms with Crippen LogP contribution in [0.25, 0.3) is 0 Å². The molecule has 3 rings (SSSR count). The van der Waals surface area contributed by atoms with E-state index in [0.29, 0.717) is 11.3 Å². The van der Waals surface area contributed by atoms with Gasteiger partial charge in [0.15, 0.2) is 0 Å². The maximum atomic E-state index is 9.23. The van der Waals surface area contributed by atoms with Crippen molar-refractivity contribution in [3.8, 4) is 6.07 Å². The summed E-state index contributed by atoms with van der Waals surface area (Å²) in [5.41, 5.74) is 0.520. The zero-order valence-electron chi connectivity index (χ0n) is 11.4. The fraction of sp³-hybridized carbons (Fsp3) is 0.938. The molecule has 3 aliphatic carbocycles. The first-order valence-electron chi connectivity index (χ1n) is 7.46. The minimum absolute atomic E-state index is 0.407. The Morgan fingerprint density at radius 2 is 1.76 bits per heavy atom. The normalized spacial score (nSPS) is 48.1. The van der Waals surface area contributed by atoms with Crippen molar-refractivity contribution in [1.82, 2.24) is 0 Å². The molecule has 3 fully saturated rings. The zero-order valence-corrected chi connectivity index (χ0v) is 11.4. The summed E-state index contributed by atoms with van der Waals surface area (Å²) in [6, 6.07) is 2.58. The maximum Gasteiger partial charge on any atom is 0.0658 e. The Kier molecular flexibility index (Phi) is 2.55. The van der Waals surface area contributed by atoms with E-state index < -0.39 is 0 Å². The monoisotopic (exact) mass is 231 g/mol. The largest absolute Gasteiger partial charge is 0.198 e. The first-order valence-corrected chi connectivity index (χ1v) is 7.46. The third-order valence-electron chi connectivity index (χ3n) is 6.65. The van der Waals surface area contributed by atoms with Gasteiger partial charge in [-0.1, -0.05) is 27.2 Å². The average Bonchev–Trinajstić information content (AvgIpc) is 2.98. The number of nitrogens with zero attached hydrogens (tertiary/aromatic N) is 1. The molecular formula is C16H25N. The van der Waals surface area contributed by atoms with Crippen LogP contribution in [-0.4, -0.2) is 0 Å². The van der Waals surface area contributed by atoms with Gasteiger partial charge in [0.1, 0.15) is 0 Å². The number of hydrogen-bond acceptors (Lipinski definition) is 1. The van der Waals surface area contributed by atoms with E-state index >= 15 is 0 Å². The second-order valence-corrected chi connectivity index (χ2v) is 7.47. The molecule has 2 bridgehead atoms. The number of nitriles is 1. The van der Waals surface area contributed by atoms with Gasteiger partial charge in [0, 0.05) is 5.92 Å². The number of hydrogen-bond donors (Lipinski definition) is 0. The lowest BCUT2D eigenvalue weighted by molar-refractivity contribution is 0.190. The van der Waals surface area contributed by atoms with E-state index in [1.54, 1.807) is 0 Å². The van der Waals surface area contributed by atoms with Crippen molar-refractivity contribution in [2.24, 2.45) is 40.9 Å². The lowest BCUT2D eigenvalue weighted by Crippen LogP contribution is -2.23. The van der Waals surface area contributed by atoms with Gasteiger partial charge < -0.3 is 0 Å². The highest BCUT2D eigenvalue weighted by molar-refractivity contribution is 5.10. The predicted octanol–water partition coefficient (Wildman–Crippen LogP) is 4.24. The lowest BCUT2D eigenvalue weighted by atomic mass is 9.74. The van der Waals surface area contributed by atoms with Gasteiger partial charge in [-0.2, -0.15) is 5.26 Å². The molecule has 0 aliphatic heterocycles. The molecule has 3 aliphatic rings. The highest BCUT2D eigenvalue weighted by atomic mass is 14.6. The molecular weight excluding hydrogens is 206 g/mol. The molecule has 94 valence electrons. The van der Waals surface area contributed by atoms with Crippen LogP contribution in [0.3, 0.4) is 0 Å². The smallest absolute Gasteiger partial charge is 0.0658 e. The van der Waals surface area contributed by atoms with Crippen LogP contribution in [0.15, 0.2) is 0 Å². The number of fused-ring (bicyclic) bond motifs is 5. The predicted molar refractivity (Wildman–Crippen MR) is 69.1 cm³/mol. The molecule has 0 N–H and O–H groups in total. The molecule has 0 radical (unpaired) electrons. The third-order valence-corrected chi connectivity index (χ3v) is 6.65. The van der Waals surface area contributed by atoms with Gasteiger partial charge in [0.25, 0.3) is 0 Å². The van der Waals surface area contributed by atoms with Crippen LogP contribution >= 0.6 is 0 Å². The molecule has 0 spiro atoms. The first kappa shape index (κ1) is 11.6. The summed E-state index contributed by atoms with van der Waals surface area (Å²) in [5, 5.41) is 9.23. The Labute approximate surface area is 106 Å². The summed E-state index contributed by atoms with van der Waals surface area (Å²) in [5.74, 6) is 4.91. The molecule has 0 amide bonds. The van der Waals surface area contributed by atoms with Gasteiger partial charge in [-0.05, 0) is 60.7 Å². The molecule has 1 nitrogen and oxygen atoms in total. The van der Waals surface area contributed by atoms with Crippen LogP contribution in [0.4, 0.5) is 0 Å². The van der Waals surface area contributed by atoms with E-state index in [4.69, 9.17) is 0 Å². The van der Waals surface area contributed by atoms with Gasteiger partial charge >= 0.3 is 0 Å². The Bertz CT molecular complexity index is 351. The SMILES string of the molecule is CCC(C)(C)C1CC2C3CC(C#N)C(C3)C2C1. The third kappa shape index (κ3) is 1.56. The van der Waals surface area contributed by atoms with E-state index in [9.17, 15) is 5.26 Å². The minimum atomic E-state index is 0.407. The van der Waals surface area contributed by atoms with Gasteiger partial charge in [-0.3, -0.25) is 0 Å². The van der Waals surface area contributed by atoms with Crippen molar-refractivity contribution in [2.75, 3.05) is 0 Å². The second-order valence-electron chi connectivity index (χ2n) is 7.47. The Hall–Kier alpha value is -0.510. The Morgan fingerprint density at radius 1 is 1.06 bits per heavy atom. The minimum Gasteiger partial charge on any atom is -0.198 e. The summed E-state index contributed by atoms with van der Waals surface area (Å²) in [6.07, 6.45) is 6.79. The van der Waals surface area contributed by atoms with Gasteiger partial charge in [-0.15, -0.1) is 0 Å². The molecule has 0 aromatic heterocycles. The van der Waals surface area contributed by atoms with Gasteiger partial charge in [0.05, 0.1) is 6.07 Å².